The molecule has 0 unspecified atom stereocenters. The zero-order valence-electron chi connectivity index (χ0n) is 17.9. The van der Waals surface area contributed by atoms with Crippen LogP contribution in [0.25, 0.3) is 10.9 Å². The van der Waals surface area contributed by atoms with Gasteiger partial charge in [0.1, 0.15) is 11.9 Å². The van der Waals surface area contributed by atoms with Crippen LogP contribution in [0.1, 0.15) is 41.7 Å². The van der Waals surface area contributed by atoms with Crippen molar-refractivity contribution in [2.45, 2.75) is 38.3 Å². The molecule has 0 radical (unpaired) electrons. The normalized spacial score (nSPS) is 17.9. The highest BCUT2D eigenvalue weighted by Gasteiger charge is 2.22. The summed E-state index contributed by atoms with van der Waals surface area (Å²) in [7, 11) is 0. The first-order valence-corrected chi connectivity index (χ1v) is 11.4. The van der Waals surface area contributed by atoms with Crippen molar-refractivity contribution in [3.8, 4) is 5.75 Å². The third-order valence-electron chi connectivity index (χ3n) is 6.37. The highest BCUT2D eigenvalue weighted by molar-refractivity contribution is 5.94. The molecule has 0 N–H and O–H groups in total. The molecule has 160 valence electrons. The number of nitrogens with zero attached hydrogens (tertiary/aromatic N) is 3. The molecule has 2 saturated heterocycles. The summed E-state index contributed by atoms with van der Waals surface area (Å²) in [5, 5.41) is 1.19. The Kier molecular flexibility index (Phi) is 5.85. The summed E-state index contributed by atoms with van der Waals surface area (Å²) in [6.45, 7) is 4.65. The summed E-state index contributed by atoms with van der Waals surface area (Å²) < 4.78 is 6.20. The zero-order valence-corrected chi connectivity index (χ0v) is 17.9. The van der Waals surface area contributed by atoms with Gasteiger partial charge in [0.25, 0.3) is 5.91 Å². The van der Waals surface area contributed by atoms with Gasteiger partial charge in [0, 0.05) is 43.7 Å². The summed E-state index contributed by atoms with van der Waals surface area (Å²) in [6.07, 6.45) is 4.45. The molecule has 2 aromatic carbocycles. The van der Waals surface area contributed by atoms with E-state index in [1.165, 1.54) is 5.39 Å². The number of pyridine rings is 1. The van der Waals surface area contributed by atoms with Crippen LogP contribution in [0, 0.1) is 0 Å². The Balaban J connectivity index is 1.12. The van der Waals surface area contributed by atoms with E-state index < -0.39 is 0 Å². The molecular weight excluding hydrogens is 386 g/mol. The number of aromatic nitrogens is 1. The van der Waals surface area contributed by atoms with E-state index in [0.717, 1.165) is 80.9 Å². The molecule has 5 nitrogen and oxygen atoms in total. The van der Waals surface area contributed by atoms with Gasteiger partial charge in [-0.1, -0.05) is 24.3 Å². The zero-order chi connectivity index (χ0) is 21.0. The van der Waals surface area contributed by atoms with E-state index in [1.807, 2.05) is 41.3 Å². The van der Waals surface area contributed by atoms with Crippen LogP contribution >= 0.6 is 0 Å². The number of fused-ring (bicyclic) bond motifs is 1. The summed E-state index contributed by atoms with van der Waals surface area (Å²) >= 11 is 0. The second kappa shape index (κ2) is 9.06. The molecule has 2 fully saturated rings. The molecule has 0 atom stereocenters. The minimum absolute atomic E-state index is 0.139. The van der Waals surface area contributed by atoms with E-state index in [2.05, 4.69) is 29.2 Å². The Morgan fingerprint density at radius 1 is 0.903 bits per heavy atom. The average molecular weight is 416 g/mol. The molecular formula is C26H29N3O2. The molecule has 0 spiro atoms. The van der Waals surface area contributed by atoms with Crippen molar-refractivity contribution < 1.29 is 9.53 Å². The lowest BCUT2D eigenvalue weighted by atomic mass is 10.1. The number of carbonyl (C=O) groups excluding carboxylic acids is 1. The molecule has 5 rings (SSSR count). The van der Waals surface area contributed by atoms with Gasteiger partial charge in [-0.3, -0.25) is 14.7 Å². The average Bonchev–Trinajstić information content (AvgIpc) is 3.35. The minimum atomic E-state index is 0.139. The maximum Gasteiger partial charge on any atom is 0.253 e. The van der Waals surface area contributed by atoms with Crippen molar-refractivity contribution in [2.24, 2.45) is 0 Å². The van der Waals surface area contributed by atoms with Crippen LogP contribution in [0.3, 0.4) is 0 Å². The molecule has 0 bridgehead atoms. The molecule has 1 aromatic heterocycles. The number of likely N-dealkylation sites (tertiary alicyclic amines) is 2. The molecule has 3 heterocycles. The third kappa shape index (κ3) is 4.72. The fourth-order valence-electron chi connectivity index (χ4n) is 4.58. The Labute approximate surface area is 183 Å². The molecule has 2 aliphatic rings. The number of piperidine rings is 1. The first kappa shape index (κ1) is 20.0. The van der Waals surface area contributed by atoms with E-state index in [0.29, 0.717) is 0 Å². The first-order valence-electron chi connectivity index (χ1n) is 11.4. The number of hydrogen-bond donors (Lipinski definition) is 0. The third-order valence-corrected chi connectivity index (χ3v) is 6.37. The van der Waals surface area contributed by atoms with Gasteiger partial charge in [-0.15, -0.1) is 0 Å². The number of rotatable bonds is 5. The first-order chi connectivity index (χ1) is 15.2. The van der Waals surface area contributed by atoms with Crippen molar-refractivity contribution in [1.82, 2.24) is 14.8 Å². The van der Waals surface area contributed by atoms with Crippen LogP contribution < -0.4 is 4.74 Å². The van der Waals surface area contributed by atoms with Gasteiger partial charge in [-0.25, -0.2) is 0 Å². The molecule has 1 amide bonds. The van der Waals surface area contributed by atoms with E-state index in [9.17, 15) is 4.79 Å². The fraction of sp³-hybridized carbons (Fsp3) is 0.385. The smallest absolute Gasteiger partial charge is 0.253 e. The van der Waals surface area contributed by atoms with Crippen molar-refractivity contribution in [3.05, 3.63) is 71.9 Å². The standard InChI is InChI=1S/C26H29N3O2/c30-26(29-15-3-4-16-29)21-8-11-23(12-9-21)31-24-13-17-28(18-14-24)19-22-10-7-20-5-1-2-6-25(20)27-22/h1-2,5-12,24H,3-4,13-19H2. The van der Waals surface area contributed by atoms with E-state index in [1.54, 1.807) is 0 Å². The number of para-hydroxylation sites is 1. The molecule has 0 aliphatic carbocycles. The Morgan fingerprint density at radius 3 is 2.42 bits per heavy atom. The Bertz CT molecular complexity index is 1040. The number of benzene rings is 2. The molecule has 3 aromatic rings. The molecule has 5 heteroatoms. The van der Waals surface area contributed by atoms with Gasteiger partial charge < -0.3 is 9.64 Å². The quantitative estimate of drug-likeness (QED) is 0.615. The number of carbonyl (C=O) groups is 1. The molecule has 0 saturated carbocycles. The predicted molar refractivity (Wildman–Crippen MR) is 122 cm³/mol. The number of hydrogen-bond acceptors (Lipinski definition) is 4. The summed E-state index contributed by atoms with van der Waals surface area (Å²) in [5.41, 5.74) is 2.94. The highest BCUT2D eigenvalue weighted by Crippen LogP contribution is 2.22. The van der Waals surface area contributed by atoms with E-state index in [4.69, 9.17) is 9.72 Å². The van der Waals surface area contributed by atoms with E-state index >= 15 is 0 Å². The van der Waals surface area contributed by atoms with Gasteiger partial charge in [0.2, 0.25) is 0 Å². The van der Waals surface area contributed by atoms with Crippen LogP contribution in [0.2, 0.25) is 0 Å². The van der Waals surface area contributed by atoms with Crippen LogP contribution in [-0.2, 0) is 6.54 Å². The Morgan fingerprint density at radius 2 is 1.65 bits per heavy atom. The molecule has 2 aliphatic heterocycles. The second-order valence-corrected chi connectivity index (χ2v) is 8.61. The fourth-order valence-corrected chi connectivity index (χ4v) is 4.58. The lowest BCUT2D eigenvalue weighted by molar-refractivity contribution is 0.0792. The van der Waals surface area contributed by atoms with Crippen LogP contribution in [0.15, 0.2) is 60.7 Å². The van der Waals surface area contributed by atoms with Gasteiger partial charge >= 0.3 is 0 Å². The lowest BCUT2D eigenvalue weighted by Crippen LogP contribution is -2.38. The molecule has 31 heavy (non-hydrogen) atoms. The topological polar surface area (TPSA) is 45.7 Å². The highest BCUT2D eigenvalue weighted by atomic mass is 16.5. The maximum atomic E-state index is 12.5. The van der Waals surface area contributed by atoms with Crippen molar-refractivity contribution in [1.29, 1.82) is 0 Å². The second-order valence-electron chi connectivity index (χ2n) is 8.61. The van der Waals surface area contributed by atoms with Crippen LogP contribution in [0.5, 0.6) is 5.75 Å². The van der Waals surface area contributed by atoms with Gasteiger partial charge in [0.15, 0.2) is 0 Å². The summed E-state index contributed by atoms with van der Waals surface area (Å²) in [6, 6.07) is 20.2. The minimum Gasteiger partial charge on any atom is -0.490 e. The number of amides is 1. The summed E-state index contributed by atoms with van der Waals surface area (Å²) in [5.74, 6) is 0.993. The van der Waals surface area contributed by atoms with E-state index in [-0.39, 0.29) is 12.0 Å². The predicted octanol–water partition coefficient (Wildman–Crippen LogP) is 4.51. The maximum absolute atomic E-state index is 12.5. The number of ether oxygens (including phenoxy) is 1. The van der Waals surface area contributed by atoms with Crippen LogP contribution in [-0.4, -0.2) is 53.0 Å². The van der Waals surface area contributed by atoms with Gasteiger partial charge in [-0.05, 0) is 62.1 Å². The van der Waals surface area contributed by atoms with Crippen molar-refractivity contribution in [3.63, 3.8) is 0 Å². The summed E-state index contributed by atoms with van der Waals surface area (Å²) in [4.78, 5) is 21.7. The van der Waals surface area contributed by atoms with Crippen molar-refractivity contribution >= 4 is 16.8 Å². The van der Waals surface area contributed by atoms with Gasteiger partial charge in [-0.2, -0.15) is 0 Å². The van der Waals surface area contributed by atoms with Crippen LogP contribution in [0.4, 0.5) is 0 Å². The SMILES string of the molecule is O=C(c1ccc(OC2CCN(Cc3ccc4ccccc4n3)CC2)cc1)N1CCCC1. The largest absolute Gasteiger partial charge is 0.490 e. The van der Waals surface area contributed by atoms with Gasteiger partial charge in [0.05, 0.1) is 11.2 Å². The lowest BCUT2D eigenvalue weighted by Gasteiger charge is -2.32. The van der Waals surface area contributed by atoms with Crippen molar-refractivity contribution in [2.75, 3.05) is 26.2 Å². The monoisotopic (exact) mass is 415 g/mol. The Hall–Kier alpha value is -2.92.